The van der Waals surface area contributed by atoms with E-state index in [1.54, 1.807) is 6.07 Å². The van der Waals surface area contributed by atoms with Gasteiger partial charge in [0, 0.05) is 6.42 Å². The molecule has 1 nitrogen and oxygen atoms in total. The fourth-order valence-corrected chi connectivity index (χ4v) is 2.50. The number of rotatable bonds is 3. The molecule has 2 rings (SSSR count). The van der Waals surface area contributed by atoms with Crippen molar-refractivity contribution in [2.45, 2.75) is 12.5 Å². The molecule has 0 amide bonds. The monoisotopic (exact) mass is 364 g/mol. The Morgan fingerprint density at radius 3 is 2.45 bits per heavy atom. The Bertz CT molecular complexity index is 649. The number of aliphatic hydroxyl groups excluding tert-OH is 1. The van der Waals surface area contributed by atoms with E-state index in [0.29, 0.717) is 5.56 Å². The van der Waals surface area contributed by atoms with Crippen molar-refractivity contribution in [2.24, 2.45) is 0 Å². The topological polar surface area (TPSA) is 20.2 Å². The van der Waals surface area contributed by atoms with Crippen molar-refractivity contribution in [3.05, 3.63) is 68.4 Å². The highest BCUT2D eigenvalue weighted by atomic mass is 79.9. The van der Waals surface area contributed by atoms with Crippen LogP contribution in [0.3, 0.4) is 0 Å². The van der Waals surface area contributed by atoms with Crippen molar-refractivity contribution in [1.29, 1.82) is 0 Å². The Labute approximate surface area is 127 Å². The molecule has 0 aromatic heterocycles. The van der Waals surface area contributed by atoms with Crippen LogP contribution in [0.15, 0.2) is 34.8 Å². The van der Waals surface area contributed by atoms with Gasteiger partial charge in [0.1, 0.15) is 5.82 Å². The van der Waals surface area contributed by atoms with Crippen molar-refractivity contribution in [1.82, 2.24) is 0 Å². The Kier molecular flexibility index (Phi) is 4.73. The molecule has 1 atom stereocenters. The normalized spacial score (nSPS) is 12.5. The van der Waals surface area contributed by atoms with Gasteiger partial charge in [0.05, 0.1) is 15.6 Å². The molecule has 2 aromatic carbocycles. The molecule has 0 radical (unpaired) electrons. The Balaban J connectivity index is 2.26. The second-order valence-corrected chi connectivity index (χ2v) is 5.43. The first-order chi connectivity index (χ1) is 9.40. The molecule has 0 bridgehead atoms. The molecular formula is C14H9BrClF3O. The molecule has 0 aliphatic rings. The summed E-state index contributed by atoms with van der Waals surface area (Å²) in [7, 11) is 0. The van der Waals surface area contributed by atoms with Crippen molar-refractivity contribution in [2.75, 3.05) is 0 Å². The van der Waals surface area contributed by atoms with E-state index in [0.717, 1.165) is 6.07 Å². The van der Waals surface area contributed by atoms with Gasteiger partial charge in [-0.25, -0.2) is 13.2 Å². The molecular weight excluding hydrogens is 357 g/mol. The molecule has 0 spiro atoms. The zero-order valence-electron chi connectivity index (χ0n) is 10.0. The minimum Gasteiger partial charge on any atom is -0.388 e. The van der Waals surface area contributed by atoms with Crippen LogP contribution in [0.1, 0.15) is 17.2 Å². The van der Waals surface area contributed by atoms with Crippen molar-refractivity contribution in [3.8, 4) is 0 Å². The second-order valence-electron chi connectivity index (χ2n) is 4.23. The minimum atomic E-state index is -1.10. The van der Waals surface area contributed by atoms with Crippen LogP contribution in [0, 0.1) is 17.5 Å². The Morgan fingerprint density at radius 1 is 1.10 bits per heavy atom. The van der Waals surface area contributed by atoms with Crippen molar-refractivity contribution >= 4 is 27.5 Å². The maximum absolute atomic E-state index is 13.4. The van der Waals surface area contributed by atoms with Crippen LogP contribution in [0.25, 0.3) is 0 Å². The molecule has 0 saturated heterocycles. The number of aliphatic hydroxyl groups is 1. The van der Waals surface area contributed by atoms with Crippen LogP contribution >= 0.6 is 27.5 Å². The van der Waals surface area contributed by atoms with E-state index in [9.17, 15) is 18.3 Å². The molecule has 0 saturated carbocycles. The third-order valence-corrected chi connectivity index (χ3v) is 3.95. The van der Waals surface area contributed by atoms with Gasteiger partial charge in [-0.05, 0) is 45.3 Å². The number of hydrogen-bond donors (Lipinski definition) is 1. The molecule has 106 valence electrons. The average Bonchev–Trinajstić information content (AvgIpc) is 2.40. The third-order valence-electron chi connectivity index (χ3n) is 2.84. The molecule has 2 aromatic rings. The van der Waals surface area contributed by atoms with Crippen LogP contribution in [-0.2, 0) is 6.42 Å². The van der Waals surface area contributed by atoms with E-state index in [4.69, 9.17) is 11.6 Å². The fraction of sp³-hybridized carbons (Fsp3) is 0.143. The highest BCUT2D eigenvalue weighted by Gasteiger charge is 2.18. The standard InChI is InChI=1S/C14H9BrClF3O/c15-13-8(2-4-10(17)14(13)19)12(20)6-7-1-3-9(16)11(18)5-7/h1-5,12,20H,6H2. The van der Waals surface area contributed by atoms with Crippen molar-refractivity contribution < 1.29 is 18.3 Å². The summed E-state index contributed by atoms with van der Waals surface area (Å²) >= 11 is 8.46. The molecule has 0 heterocycles. The van der Waals surface area contributed by atoms with Gasteiger partial charge in [0.15, 0.2) is 11.6 Å². The van der Waals surface area contributed by atoms with E-state index < -0.39 is 23.6 Å². The first kappa shape index (κ1) is 15.4. The third kappa shape index (κ3) is 3.16. The smallest absolute Gasteiger partial charge is 0.173 e. The van der Waals surface area contributed by atoms with Crippen LogP contribution < -0.4 is 0 Å². The van der Waals surface area contributed by atoms with Crippen LogP contribution in [-0.4, -0.2) is 5.11 Å². The molecule has 0 fully saturated rings. The fourth-order valence-electron chi connectivity index (χ4n) is 1.80. The number of hydrogen-bond acceptors (Lipinski definition) is 1. The predicted octanol–water partition coefficient (Wildman–Crippen LogP) is 4.80. The summed E-state index contributed by atoms with van der Waals surface area (Å²) in [6.45, 7) is 0. The van der Waals surface area contributed by atoms with Crippen LogP contribution in [0.2, 0.25) is 5.02 Å². The van der Waals surface area contributed by atoms with Gasteiger partial charge in [0.25, 0.3) is 0 Å². The summed E-state index contributed by atoms with van der Waals surface area (Å²) in [5, 5.41) is 10.0. The van der Waals surface area contributed by atoms with E-state index in [1.165, 1.54) is 18.2 Å². The van der Waals surface area contributed by atoms with E-state index in [-0.39, 0.29) is 21.5 Å². The summed E-state index contributed by atoms with van der Waals surface area (Å²) in [6.07, 6.45) is -1.04. The molecule has 0 aliphatic carbocycles. The highest BCUT2D eigenvalue weighted by molar-refractivity contribution is 9.10. The minimum absolute atomic E-state index is 0.0164. The molecule has 20 heavy (non-hydrogen) atoms. The summed E-state index contributed by atoms with van der Waals surface area (Å²) in [5.74, 6) is -2.67. The highest BCUT2D eigenvalue weighted by Crippen LogP contribution is 2.30. The number of halogens is 5. The zero-order chi connectivity index (χ0) is 14.9. The number of benzene rings is 2. The summed E-state index contributed by atoms with van der Waals surface area (Å²) in [6, 6.07) is 6.33. The lowest BCUT2D eigenvalue weighted by Crippen LogP contribution is -2.05. The van der Waals surface area contributed by atoms with Crippen molar-refractivity contribution in [3.63, 3.8) is 0 Å². The quantitative estimate of drug-likeness (QED) is 0.775. The first-order valence-electron chi connectivity index (χ1n) is 5.65. The zero-order valence-corrected chi connectivity index (χ0v) is 12.4. The van der Waals surface area contributed by atoms with Gasteiger partial charge in [-0.1, -0.05) is 23.7 Å². The van der Waals surface area contributed by atoms with Gasteiger partial charge in [0.2, 0.25) is 0 Å². The van der Waals surface area contributed by atoms with Crippen LogP contribution in [0.4, 0.5) is 13.2 Å². The first-order valence-corrected chi connectivity index (χ1v) is 6.82. The van der Waals surface area contributed by atoms with Gasteiger partial charge in [-0.15, -0.1) is 0 Å². The molecule has 0 aliphatic heterocycles. The molecule has 6 heteroatoms. The molecule has 1 N–H and O–H groups in total. The second kappa shape index (κ2) is 6.16. The lowest BCUT2D eigenvalue weighted by atomic mass is 10.0. The largest absolute Gasteiger partial charge is 0.388 e. The SMILES string of the molecule is OC(Cc1ccc(Cl)c(F)c1)c1ccc(F)c(F)c1Br. The summed E-state index contributed by atoms with van der Waals surface area (Å²) < 4.78 is 39.5. The van der Waals surface area contributed by atoms with Gasteiger partial charge in [-0.2, -0.15) is 0 Å². The van der Waals surface area contributed by atoms with Gasteiger partial charge in [-0.3, -0.25) is 0 Å². The van der Waals surface area contributed by atoms with Gasteiger partial charge < -0.3 is 5.11 Å². The maximum atomic E-state index is 13.4. The average molecular weight is 366 g/mol. The summed E-state index contributed by atoms with van der Waals surface area (Å²) in [4.78, 5) is 0. The Morgan fingerprint density at radius 2 is 1.80 bits per heavy atom. The van der Waals surface area contributed by atoms with E-state index in [2.05, 4.69) is 15.9 Å². The maximum Gasteiger partial charge on any atom is 0.173 e. The predicted molar refractivity (Wildman–Crippen MR) is 74.1 cm³/mol. The van der Waals surface area contributed by atoms with E-state index in [1.807, 2.05) is 0 Å². The van der Waals surface area contributed by atoms with Crippen LogP contribution in [0.5, 0.6) is 0 Å². The van der Waals surface area contributed by atoms with Gasteiger partial charge >= 0.3 is 0 Å². The van der Waals surface area contributed by atoms with E-state index >= 15 is 0 Å². The lowest BCUT2D eigenvalue weighted by Gasteiger charge is -2.14. The summed E-state index contributed by atoms with van der Waals surface area (Å²) in [5.41, 5.74) is 0.690. The molecule has 1 unspecified atom stereocenters. The Hall–Kier alpha value is -1.04. The lowest BCUT2D eigenvalue weighted by molar-refractivity contribution is 0.177.